The summed E-state index contributed by atoms with van der Waals surface area (Å²) in [6, 6.07) is 11.8. The van der Waals surface area contributed by atoms with Gasteiger partial charge in [0.2, 0.25) is 0 Å². The molecule has 0 amide bonds. The van der Waals surface area contributed by atoms with Gasteiger partial charge in [0.25, 0.3) is 0 Å². The van der Waals surface area contributed by atoms with Crippen LogP contribution in [0.1, 0.15) is 15.9 Å². The van der Waals surface area contributed by atoms with Crippen molar-refractivity contribution in [3.05, 3.63) is 58.6 Å². The highest BCUT2D eigenvalue weighted by molar-refractivity contribution is 6.32. The van der Waals surface area contributed by atoms with Crippen LogP contribution in [0.4, 0.5) is 0 Å². The summed E-state index contributed by atoms with van der Waals surface area (Å²) in [7, 11) is 0. The summed E-state index contributed by atoms with van der Waals surface area (Å²) >= 11 is 6.02. The first-order valence-electron chi connectivity index (χ1n) is 6.41. The molecule has 0 radical (unpaired) electrons. The summed E-state index contributed by atoms with van der Waals surface area (Å²) in [5.74, 6) is 0.263. The van der Waals surface area contributed by atoms with Crippen LogP contribution in [0, 0.1) is 6.92 Å². The van der Waals surface area contributed by atoms with Crippen LogP contribution in [-0.2, 0) is 0 Å². The molecule has 0 spiro atoms. The highest BCUT2D eigenvalue weighted by atomic mass is 35.5. The van der Waals surface area contributed by atoms with Crippen LogP contribution in [0.5, 0.6) is 11.5 Å². The van der Waals surface area contributed by atoms with E-state index >= 15 is 0 Å². The normalized spacial score (nSPS) is 10.2. The standard InChI is InChI=1S/C16H15ClO4/c1-11-2-7-14(17)15(10-11)21-9-8-20-13-5-3-12(4-6-13)16(18)19/h2-7,10H,8-9H2,1H3,(H,18,19). The van der Waals surface area contributed by atoms with Crippen LogP contribution < -0.4 is 9.47 Å². The van der Waals surface area contributed by atoms with E-state index in [0.29, 0.717) is 29.7 Å². The number of rotatable bonds is 6. The van der Waals surface area contributed by atoms with Gasteiger partial charge in [0.15, 0.2) is 0 Å². The van der Waals surface area contributed by atoms with E-state index in [2.05, 4.69) is 0 Å². The number of aryl methyl sites for hydroxylation is 1. The molecule has 2 rings (SSSR count). The summed E-state index contributed by atoms with van der Waals surface area (Å²) < 4.78 is 11.0. The number of carbonyl (C=O) groups is 1. The van der Waals surface area contributed by atoms with Gasteiger partial charge in [0, 0.05) is 0 Å². The van der Waals surface area contributed by atoms with Crippen LogP contribution in [0.25, 0.3) is 0 Å². The van der Waals surface area contributed by atoms with Crippen LogP contribution in [0.3, 0.4) is 0 Å². The van der Waals surface area contributed by atoms with Gasteiger partial charge < -0.3 is 14.6 Å². The molecule has 0 aromatic heterocycles. The zero-order chi connectivity index (χ0) is 15.2. The molecule has 21 heavy (non-hydrogen) atoms. The van der Waals surface area contributed by atoms with Crippen LogP contribution in [0.2, 0.25) is 5.02 Å². The van der Waals surface area contributed by atoms with Crippen molar-refractivity contribution >= 4 is 17.6 Å². The van der Waals surface area contributed by atoms with Gasteiger partial charge in [-0.15, -0.1) is 0 Å². The molecule has 1 N–H and O–H groups in total. The average Bonchev–Trinajstić information content (AvgIpc) is 2.47. The summed E-state index contributed by atoms with van der Waals surface area (Å²) in [4.78, 5) is 10.7. The Balaban J connectivity index is 1.81. The lowest BCUT2D eigenvalue weighted by Gasteiger charge is -2.10. The van der Waals surface area contributed by atoms with Crippen molar-refractivity contribution in [1.82, 2.24) is 0 Å². The van der Waals surface area contributed by atoms with E-state index in [4.69, 9.17) is 26.2 Å². The van der Waals surface area contributed by atoms with E-state index in [1.54, 1.807) is 18.2 Å². The number of ether oxygens (including phenoxy) is 2. The first-order valence-corrected chi connectivity index (χ1v) is 6.79. The maximum atomic E-state index is 10.7. The SMILES string of the molecule is Cc1ccc(Cl)c(OCCOc2ccc(C(=O)O)cc2)c1. The van der Waals surface area contributed by atoms with Gasteiger partial charge in [-0.25, -0.2) is 4.79 Å². The van der Waals surface area contributed by atoms with E-state index < -0.39 is 5.97 Å². The smallest absolute Gasteiger partial charge is 0.335 e. The molecule has 0 saturated carbocycles. The third-order valence-electron chi connectivity index (χ3n) is 2.80. The van der Waals surface area contributed by atoms with Crippen molar-refractivity contribution in [3.8, 4) is 11.5 Å². The zero-order valence-corrected chi connectivity index (χ0v) is 12.3. The second-order valence-corrected chi connectivity index (χ2v) is 4.87. The Bertz CT molecular complexity index is 623. The Labute approximate surface area is 127 Å². The van der Waals surface area contributed by atoms with E-state index in [-0.39, 0.29) is 5.56 Å². The minimum absolute atomic E-state index is 0.227. The summed E-state index contributed by atoms with van der Waals surface area (Å²) in [5, 5.41) is 9.35. The first kappa shape index (κ1) is 15.2. The van der Waals surface area contributed by atoms with E-state index in [0.717, 1.165) is 5.56 Å². The number of carboxylic acid groups (broad SMARTS) is 1. The third kappa shape index (κ3) is 4.39. The Morgan fingerprint density at radius 1 is 1.10 bits per heavy atom. The van der Waals surface area contributed by atoms with Gasteiger partial charge in [0.1, 0.15) is 24.7 Å². The molecule has 4 nitrogen and oxygen atoms in total. The molecule has 110 valence electrons. The first-order chi connectivity index (χ1) is 10.1. The minimum atomic E-state index is -0.959. The quantitative estimate of drug-likeness (QED) is 0.825. The third-order valence-corrected chi connectivity index (χ3v) is 3.11. The summed E-state index contributed by atoms with van der Waals surface area (Å²) in [6.07, 6.45) is 0. The minimum Gasteiger partial charge on any atom is -0.490 e. The Hall–Kier alpha value is -2.20. The Kier molecular flexibility index (Phi) is 5.06. The molecule has 0 saturated heterocycles. The fraction of sp³-hybridized carbons (Fsp3) is 0.188. The van der Waals surface area contributed by atoms with Crippen molar-refractivity contribution in [2.24, 2.45) is 0 Å². The van der Waals surface area contributed by atoms with Crippen LogP contribution in [0.15, 0.2) is 42.5 Å². The number of hydrogen-bond donors (Lipinski definition) is 1. The second-order valence-electron chi connectivity index (χ2n) is 4.46. The number of aromatic carboxylic acids is 1. The van der Waals surface area contributed by atoms with Crippen molar-refractivity contribution < 1.29 is 19.4 Å². The molecule has 0 aliphatic heterocycles. The van der Waals surface area contributed by atoms with Gasteiger partial charge in [-0.1, -0.05) is 17.7 Å². The molecule has 0 fully saturated rings. The number of benzene rings is 2. The topological polar surface area (TPSA) is 55.8 Å². The van der Waals surface area contributed by atoms with Gasteiger partial charge in [0.05, 0.1) is 10.6 Å². The van der Waals surface area contributed by atoms with Gasteiger partial charge >= 0.3 is 5.97 Å². The van der Waals surface area contributed by atoms with E-state index in [9.17, 15) is 4.79 Å². The molecule has 0 heterocycles. The molecule has 0 aliphatic rings. The molecular weight excluding hydrogens is 292 g/mol. The van der Waals surface area contributed by atoms with E-state index in [1.807, 2.05) is 19.1 Å². The molecule has 0 unspecified atom stereocenters. The lowest BCUT2D eigenvalue weighted by atomic mass is 10.2. The van der Waals surface area contributed by atoms with Crippen LogP contribution >= 0.6 is 11.6 Å². The fourth-order valence-corrected chi connectivity index (χ4v) is 1.90. The van der Waals surface area contributed by atoms with E-state index in [1.165, 1.54) is 12.1 Å². The van der Waals surface area contributed by atoms with Crippen molar-refractivity contribution in [3.63, 3.8) is 0 Å². The lowest BCUT2D eigenvalue weighted by molar-refractivity contribution is 0.0697. The Morgan fingerprint density at radius 3 is 2.43 bits per heavy atom. The zero-order valence-electron chi connectivity index (χ0n) is 11.5. The van der Waals surface area contributed by atoms with Crippen molar-refractivity contribution in [2.45, 2.75) is 6.92 Å². The molecule has 0 atom stereocenters. The lowest BCUT2D eigenvalue weighted by Crippen LogP contribution is -2.09. The van der Waals surface area contributed by atoms with Gasteiger partial charge in [-0.2, -0.15) is 0 Å². The Morgan fingerprint density at radius 2 is 1.76 bits per heavy atom. The molecule has 0 aliphatic carbocycles. The maximum absolute atomic E-state index is 10.7. The highest BCUT2D eigenvalue weighted by Gasteiger charge is 2.03. The summed E-state index contributed by atoms with van der Waals surface area (Å²) in [6.45, 7) is 2.66. The molecule has 0 bridgehead atoms. The largest absolute Gasteiger partial charge is 0.490 e. The maximum Gasteiger partial charge on any atom is 0.335 e. The van der Waals surface area contributed by atoms with Gasteiger partial charge in [-0.3, -0.25) is 0 Å². The van der Waals surface area contributed by atoms with Crippen LogP contribution in [-0.4, -0.2) is 24.3 Å². The predicted molar refractivity (Wildman–Crippen MR) is 80.6 cm³/mol. The van der Waals surface area contributed by atoms with Gasteiger partial charge in [-0.05, 0) is 48.9 Å². The molecule has 2 aromatic carbocycles. The average molecular weight is 307 g/mol. The second kappa shape index (κ2) is 6.99. The predicted octanol–water partition coefficient (Wildman–Crippen LogP) is 3.80. The number of halogens is 1. The monoisotopic (exact) mass is 306 g/mol. The number of carboxylic acids is 1. The molecule has 2 aromatic rings. The highest BCUT2D eigenvalue weighted by Crippen LogP contribution is 2.25. The molecule has 5 heteroatoms. The van der Waals surface area contributed by atoms with Crippen molar-refractivity contribution in [1.29, 1.82) is 0 Å². The number of hydrogen-bond acceptors (Lipinski definition) is 3. The van der Waals surface area contributed by atoms with Crippen molar-refractivity contribution in [2.75, 3.05) is 13.2 Å². The fourth-order valence-electron chi connectivity index (χ4n) is 1.73. The summed E-state index contributed by atoms with van der Waals surface area (Å²) in [5.41, 5.74) is 1.30. The molecular formula is C16H15ClO4.